The second kappa shape index (κ2) is 10.8. The predicted molar refractivity (Wildman–Crippen MR) is 107 cm³/mol. The lowest BCUT2D eigenvalue weighted by molar-refractivity contribution is 0.378. The number of rotatable bonds is 7. The molecule has 1 aromatic carbocycles. The third kappa shape index (κ3) is 5.08. The first kappa shape index (κ1) is 20.2. The topological polar surface area (TPSA) is 62.1 Å². The van der Waals surface area contributed by atoms with Gasteiger partial charge in [0.1, 0.15) is 0 Å². The first-order valence-electron chi connectivity index (χ1n) is 8.24. The van der Waals surface area contributed by atoms with E-state index in [2.05, 4.69) is 37.3 Å². The number of fused-ring (bicyclic) bond motifs is 1. The van der Waals surface area contributed by atoms with Crippen molar-refractivity contribution in [2.45, 2.75) is 27.7 Å². The molecule has 0 saturated carbocycles. The van der Waals surface area contributed by atoms with Crippen molar-refractivity contribution in [3.05, 3.63) is 36.2 Å². The minimum Gasteiger partial charge on any atom is -0.369 e. The summed E-state index contributed by atoms with van der Waals surface area (Å²) in [5, 5.41) is 7.44. The highest BCUT2D eigenvalue weighted by molar-refractivity contribution is 7.09. The van der Waals surface area contributed by atoms with E-state index in [1.165, 1.54) is 6.21 Å². The summed E-state index contributed by atoms with van der Waals surface area (Å²) in [7, 11) is 2.28. The standard InChI is InChI=1S/C16H21N4OP.C2H6/c1-3-12(10-17)16-11-18-14-6-5-13(9-15(14)19-16)20(4-2)7-8-21-22;1-2/h3,5-6,9-11,17H,4,7-8,22H2,1-2H3;1-2H3/b12-3+,17-10?;. The zero-order chi connectivity index (χ0) is 17.9. The molecular formula is C18H27N4OP. The monoisotopic (exact) mass is 346 g/mol. The fraction of sp³-hybridized carbons (Fsp3) is 0.389. The van der Waals surface area contributed by atoms with Crippen molar-refractivity contribution in [1.29, 1.82) is 5.41 Å². The van der Waals surface area contributed by atoms with Gasteiger partial charge in [0.2, 0.25) is 0 Å². The third-order valence-corrected chi connectivity index (χ3v) is 3.75. The van der Waals surface area contributed by atoms with Crippen molar-refractivity contribution >= 4 is 38.0 Å². The van der Waals surface area contributed by atoms with Gasteiger partial charge in [0.15, 0.2) is 0 Å². The lowest BCUT2D eigenvalue weighted by atomic mass is 10.2. The van der Waals surface area contributed by atoms with Crippen molar-refractivity contribution in [2.24, 2.45) is 0 Å². The maximum atomic E-state index is 7.44. The summed E-state index contributed by atoms with van der Waals surface area (Å²) in [5.41, 5.74) is 4.27. The van der Waals surface area contributed by atoms with Crippen molar-refractivity contribution in [3.8, 4) is 0 Å². The average Bonchev–Trinajstić information content (AvgIpc) is 2.64. The van der Waals surface area contributed by atoms with Gasteiger partial charge >= 0.3 is 0 Å². The van der Waals surface area contributed by atoms with Gasteiger partial charge in [-0.25, -0.2) is 4.98 Å². The Morgan fingerprint density at radius 1 is 1.33 bits per heavy atom. The van der Waals surface area contributed by atoms with Crippen LogP contribution in [0.15, 0.2) is 30.5 Å². The summed E-state index contributed by atoms with van der Waals surface area (Å²) in [4.78, 5) is 11.3. The molecule has 1 atom stereocenters. The molecule has 1 aromatic heterocycles. The summed E-state index contributed by atoms with van der Waals surface area (Å²) in [6, 6.07) is 6.07. The van der Waals surface area contributed by atoms with Gasteiger partial charge in [-0.15, -0.1) is 0 Å². The number of nitrogens with zero attached hydrogens (tertiary/aromatic N) is 3. The molecule has 0 radical (unpaired) electrons. The molecule has 0 amide bonds. The molecule has 0 aliphatic carbocycles. The quantitative estimate of drug-likeness (QED) is 0.598. The first-order chi connectivity index (χ1) is 11.7. The lowest BCUT2D eigenvalue weighted by Gasteiger charge is -2.22. The molecule has 0 aliphatic rings. The molecule has 24 heavy (non-hydrogen) atoms. The van der Waals surface area contributed by atoms with E-state index in [1.807, 2.05) is 39.0 Å². The summed E-state index contributed by atoms with van der Waals surface area (Å²) in [5.74, 6) is 0. The Balaban J connectivity index is 0.00000139. The van der Waals surface area contributed by atoms with Gasteiger partial charge in [-0.3, -0.25) is 4.98 Å². The Kier molecular flexibility index (Phi) is 9.13. The van der Waals surface area contributed by atoms with Crippen LogP contribution >= 0.6 is 9.47 Å². The summed E-state index contributed by atoms with van der Waals surface area (Å²) >= 11 is 0. The molecular weight excluding hydrogens is 319 g/mol. The molecule has 1 heterocycles. The number of benzene rings is 1. The largest absolute Gasteiger partial charge is 0.369 e. The lowest BCUT2D eigenvalue weighted by Crippen LogP contribution is -2.26. The van der Waals surface area contributed by atoms with Crippen LogP contribution in [0.1, 0.15) is 33.4 Å². The van der Waals surface area contributed by atoms with Crippen molar-refractivity contribution in [1.82, 2.24) is 9.97 Å². The smallest absolute Gasteiger partial charge is 0.0914 e. The highest BCUT2D eigenvalue weighted by Gasteiger charge is 2.08. The maximum absolute atomic E-state index is 7.44. The van der Waals surface area contributed by atoms with Crippen LogP contribution in [0.4, 0.5) is 5.69 Å². The molecule has 6 heteroatoms. The molecule has 5 nitrogen and oxygen atoms in total. The van der Waals surface area contributed by atoms with Gasteiger partial charge in [-0.1, -0.05) is 19.9 Å². The zero-order valence-corrected chi connectivity index (χ0v) is 16.1. The normalized spacial score (nSPS) is 11.0. The highest BCUT2D eigenvalue weighted by Crippen LogP contribution is 2.21. The number of hydrogen-bond acceptors (Lipinski definition) is 5. The fourth-order valence-corrected chi connectivity index (χ4v) is 2.38. The summed E-state index contributed by atoms with van der Waals surface area (Å²) in [6.45, 7) is 10.4. The van der Waals surface area contributed by atoms with Crippen LogP contribution in [-0.4, -0.2) is 35.9 Å². The second-order valence-corrected chi connectivity index (χ2v) is 5.10. The molecule has 0 spiro atoms. The van der Waals surface area contributed by atoms with Crippen LogP contribution in [0.25, 0.3) is 16.6 Å². The Labute approximate surface area is 146 Å². The van der Waals surface area contributed by atoms with E-state index >= 15 is 0 Å². The first-order valence-corrected chi connectivity index (χ1v) is 8.71. The van der Waals surface area contributed by atoms with Crippen LogP contribution in [0.5, 0.6) is 0 Å². The van der Waals surface area contributed by atoms with E-state index in [-0.39, 0.29) is 0 Å². The minimum atomic E-state index is 0.652. The molecule has 0 aliphatic heterocycles. The van der Waals surface area contributed by atoms with Gasteiger partial charge in [0, 0.05) is 40.0 Å². The van der Waals surface area contributed by atoms with E-state index in [0.29, 0.717) is 6.61 Å². The number of anilines is 1. The van der Waals surface area contributed by atoms with E-state index in [1.54, 1.807) is 6.20 Å². The molecule has 0 bridgehead atoms. The number of hydrogen-bond donors (Lipinski definition) is 1. The van der Waals surface area contributed by atoms with Gasteiger partial charge in [0.05, 0.1) is 29.5 Å². The van der Waals surface area contributed by atoms with Gasteiger partial charge < -0.3 is 14.8 Å². The summed E-state index contributed by atoms with van der Waals surface area (Å²) in [6.07, 6.45) is 4.87. The van der Waals surface area contributed by atoms with Gasteiger partial charge in [-0.05, 0) is 32.0 Å². The van der Waals surface area contributed by atoms with Crippen molar-refractivity contribution < 1.29 is 4.52 Å². The highest BCUT2D eigenvalue weighted by atomic mass is 31.0. The van der Waals surface area contributed by atoms with E-state index in [4.69, 9.17) is 9.93 Å². The van der Waals surface area contributed by atoms with Crippen LogP contribution in [0.3, 0.4) is 0 Å². The van der Waals surface area contributed by atoms with E-state index < -0.39 is 0 Å². The molecule has 130 valence electrons. The molecule has 2 aromatic rings. The minimum absolute atomic E-state index is 0.652. The number of aromatic nitrogens is 2. The van der Waals surface area contributed by atoms with Crippen LogP contribution < -0.4 is 4.90 Å². The van der Waals surface area contributed by atoms with E-state index in [9.17, 15) is 0 Å². The predicted octanol–water partition coefficient (Wildman–Crippen LogP) is 4.34. The number of likely N-dealkylation sites (N-methyl/N-ethyl adjacent to an activating group) is 1. The molecule has 1 unspecified atom stereocenters. The SMILES string of the molecule is C/C=C(\C=N)c1cnc2ccc(N(CC)CCOP)cc2n1.CC. The molecule has 2 rings (SSSR count). The zero-order valence-electron chi connectivity index (χ0n) is 14.9. The number of allylic oxidation sites excluding steroid dienone is 2. The number of nitrogens with one attached hydrogen (secondary N) is 1. The van der Waals surface area contributed by atoms with Crippen LogP contribution in [0.2, 0.25) is 0 Å². The van der Waals surface area contributed by atoms with Gasteiger partial charge in [-0.2, -0.15) is 0 Å². The molecule has 0 saturated heterocycles. The van der Waals surface area contributed by atoms with Crippen LogP contribution in [0, 0.1) is 5.41 Å². The molecule has 0 fully saturated rings. The van der Waals surface area contributed by atoms with Crippen molar-refractivity contribution in [3.63, 3.8) is 0 Å². The average molecular weight is 346 g/mol. The van der Waals surface area contributed by atoms with Crippen LogP contribution in [-0.2, 0) is 4.52 Å². The van der Waals surface area contributed by atoms with E-state index in [0.717, 1.165) is 41.1 Å². The Morgan fingerprint density at radius 2 is 2.08 bits per heavy atom. The Bertz CT molecular complexity index is 688. The third-order valence-electron chi connectivity index (χ3n) is 3.51. The maximum Gasteiger partial charge on any atom is 0.0914 e. The summed E-state index contributed by atoms with van der Waals surface area (Å²) < 4.78 is 5.08. The van der Waals surface area contributed by atoms with Gasteiger partial charge in [0.25, 0.3) is 0 Å². The Morgan fingerprint density at radius 3 is 2.67 bits per heavy atom. The second-order valence-electron chi connectivity index (χ2n) is 4.77. The molecule has 1 N–H and O–H groups in total. The van der Waals surface area contributed by atoms with Crippen molar-refractivity contribution in [2.75, 3.05) is 24.6 Å². The Hall–Kier alpha value is -1.84. The fourth-order valence-electron chi connectivity index (χ4n) is 2.27.